The fourth-order valence-corrected chi connectivity index (χ4v) is 3.29. The fraction of sp³-hybridized carbons (Fsp3) is 0.333. The average molecular weight is 384 g/mol. The van der Waals surface area contributed by atoms with Gasteiger partial charge in [-0.1, -0.05) is 6.07 Å². The van der Waals surface area contributed by atoms with Gasteiger partial charge in [0.25, 0.3) is 11.8 Å². The van der Waals surface area contributed by atoms with E-state index in [1.54, 1.807) is 4.90 Å². The molecule has 0 bridgehead atoms. The van der Waals surface area contributed by atoms with Gasteiger partial charge in [0.05, 0.1) is 0 Å². The highest BCUT2D eigenvalue weighted by Gasteiger charge is 2.25. The number of carbonyl (C=O) groups is 2. The summed E-state index contributed by atoms with van der Waals surface area (Å²) in [7, 11) is 0. The van der Waals surface area contributed by atoms with Gasteiger partial charge in [0, 0.05) is 30.3 Å². The summed E-state index contributed by atoms with van der Waals surface area (Å²) < 4.78 is 0. The van der Waals surface area contributed by atoms with Crippen molar-refractivity contribution < 1.29 is 24.9 Å². The van der Waals surface area contributed by atoms with Gasteiger partial charge < -0.3 is 25.5 Å². The summed E-state index contributed by atoms with van der Waals surface area (Å²) in [5.41, 5.74) is 2.94. The van der Waals surface area contributed by atoms with E-state index in [0.717, 1.165) is 23.3 Å². The average Bonchev–Trinajstić information content (AvgIpc) is 2.67. The monoisotopic (exact) mass is 384 g/mol. The molecule has 0 unspecified atom stereocenters. The van der Waals surface area contributed by atoms with Crippen molar-refractivity contribution in [3.8, 4) is 17.2 Å². The molecule has 4 N–H and O–H groups in total. The highest BCUT2D eigenvalue weighted by atomic mass is 16.3. The number of nitrogens with one attached hydrogen (secondary N) is 1. The number of phenols is 3. The summed E-state index contributed by atoms with van der Waals surface area (Å²) in [6.45, 7) is 5.05. The van der Waals surface area contributed by atoms with Crippen LogP contribution in [0.25, 0.3) is 0 Å². The molecule has 3 rings (SSSR count). The molecule has 0 saturated carbocycles. The van der Waals surface area contributed by atoms with Crippen LogP contribution in [0.4, 0.5) is 0 Å². The number of piperidine rings is 1. The Kier molecular flexibility index (Phi) is 5.44. The number of hydrogen-bond donors (Lipinski definition) is 4. The summed E-state index contributed by atoms with van der Waals surface area (Å²) in [5, 5.41) is 31.3. The molecule has 7 heteroatoms. The highest BCUT2D eigenvalue weighted by molar-refractivity contribution is 5.96. The Hall–Kier alpha value is -3.22. The number of hydrogen-bond acceptors (Lipinski definition) is 5. The molecule has 2 amide bonds. The van der Waals surface area contributed by atoms with Crippen molar-refractivity contribution in [3.05, 3.63) is 52.6 Å². The summed E-state index contributed by atoms with van der Waals surface area (Å²) in [6, 6.07) is 7.76. The Bertz CT molecular complexity index is 894. The Morgan fingerprint density at radius 2 is 1.54 bits per heavy atom. The van der Waals surface area contributed by atoms with Gasteiger partial charge in [-0.05, 0) is 62.1 Å². The normalized spacial score (nSPS) is 14.7. The quantitative estimate of drug-likeness (QED) is 0.608. The lowest BCUT2D eigenvalue weighted by molar-refractivity contribution is 0.0698. The number of aryl methyl sites for hydroxylation is 2. The maximum absolute atomic E-state index is 12.7. The largest absolute Gasteiger partial charge is 0.504 e. The van der Waals surface area contributed by atoms with Gasteiger partial charge in [-0.3, -0.25) is 9.59 Å². The molecule has 1 aliphatic heterocycles. The predicted octanol–water partition coefficient (Wildman–Crippen LogP) is 2.45. The van der Waals surface area contributed by atoms with Gasteiger partial charge in [0.15, 0.2) is 17.2 Å². The minimum atomic E-state index is -0.658. The maximum Gasteiger partial charge on any atom is 0.253 e. The third-order valence-electron chi connectivity index (χ3n) is 5.20. The molecule has 1 heterocycles. The van der Waals surface area contributed by atoms with Crippen molar-refractivity contribution >= 4 is 11.8 Å². The molecule has 148 valence electrons. The van der Waals surface area contributed by atoms with Crippen LogP contribution in [0.15, 0.2) is 30.3 Å². The van der Waals surface area contributed by atoms with E-state index in [-0.39, 0.29) is 17.5 Å². The molecule has 0 spiro atoms. The van der Waals surface area contributed by atoms with E-state index in [9.17, 15) is 24.9 Å². The minimum absolute atomic E-state index is 0.0127. The van der Waals surface area contributed by atoms with Crippen molar-refractivity contribution in [2.75, 3.05) is 13.1 Å². The molecule has 2 aromatic rings. The van der Waals surface area contributed by atoms with E-state index in [2.05, 4.69) is 5.32 Å². The van der Waals surface area contributed by atoms with Crippen molar-refractivity contribution in [1.82, 2.24) is 10.2 Å². The second-order valence-corrected chi connectivity index (χ2v) is 7.20. The van der Waals surface area contributed by atoms with E-state index >= 15 is 0 Å². The van der Waals surface area contributed by atoms with Crippen molar-refractivity contribution in [3.63, 3.8) is 0 Å². The number of carbonyl (C=O) groups excluding carboxylic acids is 2. The van der Waals surface area contributed by atoms with Crippen molar-refractivity contribution in [1.29, 1.82) is 0 Å². The molecular formula is C21H24N2O5. The Labute approximate surface area is 163 Å². The molecule has 7 nitrogen and oxygen atoms in total. The first-order valence-electron chi connectivity index (χ1n) is 9.18. The molecule has 2 aromatic carbocycles. The molecule has 28 heavy (non-hydrogen) atoms. The molecule has 0 atom stereocenters. The summed E-state index contributed by atoms with van der Waals surface area (Å²) in [6.07, 6.45) is 1.22. The standard InChI is InChI=1S/C21H24N2O5/c1-12-3-4-14(9-13(12)2)21(28)23-7-5-16(6-8-23)22-20(27)15-10-17(24)19(26)18(25)11-15/h3-4,9-11,16,24-26H,5-8H2,1-2H3,(H,22,27). The summed E-state index contributed by atoms with van der Waals surface area (Å²) in [4.78, 5) is 26.8. The van der Waals surface area contributed by atoms with Gasteiger partial charge in [-0.15, -0.1) is 0 Å². The fourth-order valence-electron chi connectivity index (χ4n) is 3.29. The Morgan fingerprint density at radius 3 is 2.11 bits per heavy atom. The molecule has 1 saturated heterocycles. The Balaban J connectivity index is 1.58. The number of likely N-dealkylation sites (tertiary alicyclic amines) is 1. The lowest BCUT2D eigenvalue weighted by Gasteiger charge is -2.32. The zero-order valence-corrected chi connectivity index (χ0v) is 15.9. The third kappa shape index (κ3) is 4.03. The number of rotatable bonds is 3. The molecule has 0 aliphatic carbocycles. The van der Waals surface area contributed by atoms with Crippen LogP contribution in [0.2, 0.25) is 0 Å². The summed E-state index contributed by atoms with van der Waals surface area (Å²) >= 11 is 0. The molecule has 0 radical (unpaired) electrons. The van der Waals surface area contributed by atoms with Gasteiger partial charge in [0.2, 0.25) is 0 Å². The van der Waals surface area contributed by atoms with E-state index in [1.807, 2.05) is 32.0 Å². The molecular weight excluding hydrogens is 360 g/mol. The zero-order valence-electron chi connectivity index (χ0n) is 15.9. The lowest BCUT2D eigenvalue weighted by atomic mass is 10.0. The van der Waals surface area contributed by atoms with Gasteiger partial charge in [0.1, 0.15) is 0 Å². The van der Waals surface area contributed by atoms with E-state index in [4.69, 9.17) is 0 Å². The highest BCUT2D eigenvalue weighted by Crippen LogP contribution is 2.35. The van der Waals surface area contributed by atoms with Gasteiger partial charge in [-0.25, -0.2) is 0 Å². The van der Waals surface area contributed by atoms with Crippen LogP contribution >= 0.6 is 0 Å². The van der Waals surface area contributed by atoms with Crippen LogP contribution in [0.3, 0.4) is 0 Å². The number of nitrogens with zero attached hydrogens (tertiary/aromatic N) is 1. The van der Waals surface area contributed by atoms with Gasteiger partial charge in [-0.2, -0.15) is 0 Å². The number of benzene rings is 2. The second-order valence-electron chi connectivity index (χ2n) is 7.20. The SMILES string of the molecule is Cc1ccc(C(=O)N2CCC(NC(=O)c3cc(O)c(O)c(O)c3)CC2)cc1C. The van der Waals surface area contributed by atoms with E-state index in [0.29, 0.717) is 31.5 Å². The van der Waals surface area contributed by atoms with Crippen LogP contribution < -0.4 is 5.32 Å². The van der Waals surface area contributed by atoms with E-state index in [1.165, 1.54) is 0 Å². The van der Waals surface area contributed by atoms with Crippen molar-refractivity contribution in [2.24, 2.45) is 0 Å². The van der Waals surface area contributed by atoms with Crippen LogP contribution in [0.5, 0.6) is 17.2 Å². The first-order valence-corrected chi connectivity index (χ1v) is 9.18. The zero-order chi connectivity index (χ0) is 20.4. The minimum Gasteiger partial charge on any atom is -0.504 e. The summed E-state index contributed by atoms with van der Waals surface area (Å²) in [5.74, 6) is -2.24. The smallest absolute Gasteiger partial charge is 0.253 e. The Morgan fingerprint density at radius 1 is 0.929 bits per heavy atom. The first kappa shape index (κ1) is 19.5. The lowest BCUT2D eigenvalue weighted by Crippen LogP contribution is -2.46. The second kappa shape index (κ2) is 7.80. The predicted molar refractivity (Wildman–Crippen MR) is 104 cm³/mol. The van der Waals surface area contributed by atoms with E-state index < -0.39 is 23.2 Å². The molecule has 0 aromatic heterocycles. The molecule has 1 fully saturated rings. The van der Waals surface area contributed by atoms with Crippen LogP contribution in [-0.4, -0.2) is 51.2 Å². The topological polar surface area (TPSA) is 110 Å². The van der Waals surface area contributed by atoms with Crippen LogP contribution in [0, 0.1) is 13.8 Å². The number of phenolic OH excluding ortho intramolecular Hbond substituents is 3. The van der Waals surface area contributed by atoms with Crippen LogP contribution in [0.1, 0.15) is 44.7 Å². The third-order valence-corrected chi connectivity index (χ3v) is 5.20. The molecule has 1 aliphatic rings. The van der Waals surface area contributed by atoms with Crippen LogP contribution in [-0.2, 0) is 0 Å². The van der Waals surface area contributed by atoms with Crippen molar-refractivity contribution in [2.45, 2.75) is 32.7 Å². The number of amides is 2. The maximum atomic E-state index is 12.7. The first-order chi connectivity index (χ1) is 13.3. The number of aromatic hydroxyl groups is 3. The van der Waals surface area contributed by atoms with Gasteiger partial charge >= 0.3 is 0 Å².